The number of anilines is 1. The van der Waals surface area contributed by atoms with Gasteiger partial charge in [-0.3, -0.25) is 4.79 Å². The highest BCUT2D eigenvalue weighted by atomic mass is 16.3. The van der Waals surface area contributed by atoms with E-state index in [0.29, 0.717) is 0 Å². The lowest BCUT2D eigenvalue weighted by Gasteiger charge is -2.23. The molecule has 1 aromatic carbocycles. The molecule has 0 saturated carbocycles. The first kappa shape index (κ1) is 15.6. The molecule has 0 spiro atoms. The molecule has 1 rings (SSSR count). The predicted octanol–water partition coefficient (Wildman–Crippen LogP) is 0.655. The summed E-state index contributed by atoms with van der Waals surface area (Å²) in [6, 6.07) is 7.06. The maximum absolute atomic E-state index is 11.9. The number of aliphatic hydroxyl groups is 2. The summed E-state index contributed by atoms with van der Waals surface area (Å²) in [6.07, 6.45) is 0. The molecule has 2 unspecified atom stereocenters. The fourth-order valence-electron chi connectivity index (χ4n) is 1.41. The first-order valence-electron chi connectivity index (χ1n) is 6.28. The monoisotopic (exact) mass is 266 g/mol. The van der Waals surface area contributed by atoms with Crippen LogP contribution in [-0.2, 0) is 4.79 Å². The summed E-state index contributed by atoms with van der Waals surface area (Å²) in [6.45, 7) is 4.98. The Morgan fingerprint density at radius 2 is 1.95 bits per heavy atom. The number of rotatable bonds is 6. The van der Waals surface area contributed by atoms with Gasteiger partial charge in [0.1, 0.15) is 0 Å². The van der Waals surface area contributed by atoms with Crippen molar-refractivity contribution in [1.82, 2.24) is 5.32 Å². The van der Waals surface area contributed by atoms with E-state index in [9.17, 15) is 9.90 Å². The van der Waals surface area contributed by atoms with Crippen LogP contribution in [0.2, 0.25) is 0 Å². The van der Waals surface area contributed by atoms with Gasteiger partial charge < -0.3 is 20.8 Å². The molecule has 0 aliphatic carbocycles. The maximum atomic E-state index is 11.9. The summed E-state index contributed by atoms with van der Waals surface area (Å²) >= 11 is 0. The molecule has 0 fully saturated rings. The zero-order valence-electron chi connectivity index (χ0n) is 11.6. The number of aliphatic hydroxyl groups excluding tert-OH is 1. The van der Waals surface area contributed by atoms with Crippen LogP contribution < -0.4 is 10.6 Å². The van der Waals surface area contributed by atoms with E-state index in [0.717, 1.165) is 11.3 Å². The van der Waals surface area contributed by atoms with Gasteiger partial charge in [0.25, 0.3) is 0 Å². The van der Waals surface area contributed by atoms with Crippen molar-refractivity contribution in [2.45, 2.75) is 32.4 Å². The second-order valence-electron chi connectivity index (χ2n) is 5.11. The molecule has 0 aromatic heterocycles. The smallest absolute Gasteiger partial charge is 0.241 e. The molecule has 0 radical (unpaired) electrons. The Balaban J connectivity index is 2.47. The van der Waals surface area contributed by atoms with E-state index in [1.165, 1.54) is 6.92 Å². The lowest BCUT2D eigenvalue weighted by atomic mass is 10.1. The Hall–Kier alpha value is -1.43. The minimum atomic E-state index is -1.22. The third kappa shape index (κ3) is 5.38. The molecule has 4 N–H and O–H groups in total. The van der Waals surface area contributed by atoms with E-state index in [-0.39, 0.29) is 19.1 Å². The predicted molar refractivity (Wildman–Crippen MR) is 75.0 cm³/mol. The van der Waals surface area contributed by atoms with Crippen LogP contribution in [0.5, 0.6) is 0 Å². The molecule has 0 aliphatic rings. The Morgan fingerprint density at radius 1 is 1.37 bits per heavy atom. The van der Waals surface area contributed by atoms with E-state index < -0.39 is 11.6 Å². The number of hydrogen-bond donors (Lipinski definition) is 4. The van der Waals surface area contributed by atoms with E-state index in [1.807, 2.05) is 31.2 Å². The average Bonchev–Trinajstić information content (AvgIpc) is 2.38. The maximum Gasteiger partial charge on any atom is 0.241 e. The summed E-state index contributed by atoms with van der Waals surface area (Å²) in [5, 5.41) is 24.2. The van der Waals surface area contributed by atoms with Crippen molar-refractivity contribution in [3.63, 3.8) is 0 Å². The number of amides is 1. The van der Waals surface area contributed by atoms with E-state index in [4.69, 9.17) is 5.11 Å². The van der Waals surface area contributed by atoms with Crippen molar-refractivity contribution in [3.8, 4) is 0 Å². The van der Waals surface area contributed by atoms with Crippen molar-refractivity contribution in [3.05, 3.63) is 29.8 Å². The summed E-state index contributed by atoms with van der Waals surface area (Å²) < 4.78 is 0. The number of benzene rings is 1. The van der Waals surface area contributed by atoms with Gasteiger partial charge in [0.05, 0.1) is 18.2 Å². The van der Waals surface area contributed by atoms with Gasteiger partial charge in [0.15, 0.2) is 0 Å². The van der Waals surface area contributed by atoms with E-state index in [2.05, 4.69) is 10.6 Å². The quantitative estimate of drug-likeness (QED) is 0.609. The normalized spacial score (nSPS) is 15.6. The summed E-state index contributed by atoms with van der Waals surface area (Å²) in [4.78, 5) is 11.9. The van der Waals surface area contributed by atoms with Gasteiger partial charge in [0.2, 0.25) is 5.91 Å². The minimum absolute atomic E-state index is 0.145. The molecular weight excluding hydrogens is 244 g/mol. The molecule has 0 saturated heterocycles. The molecule has 5 nitrogen and oxygen atoms in total. The largest absolute Gasteiger partial charge is 0.393 e. The molecule has 106 valence electrons. The Kier molecular flexibility index (Phi) is 5.47. The van der Waals surface area contributed by atoms with Crippen LogP contribution in [0.4, 0.5) is 5.69 Å². The fourth-order valence-corrected chi connectivity index (χ4v) is 1.41. The van der Waals surface area contributed by atoms with Gasteiger partial charge in [-0.2, -0.15) is 0 Å². The minimum Gasteiger partial charge on any atom is -0.393 e. The van der Waals surface area contributed by atoms with Gasteiger partial charge in [-0.15, -0.1) is 0 Å². The van der Waals surface area contributed by atoms with Crippen LogP contribution in [0.25, 0.3) is 0 Å². The third-order valence-corrected chi connectivity index (χ3v) is 2.84. The lowest BCUT2D eigenvalue weighted by molar-refractivity contribution is -0.118. The zero-order chi connectivity index (χ0) is 14.5. The summed E-state index contributed by atoms with van der Waals surface area (Å²) in [5.41, 5.74) is 0.639. The lowest BCUT2D eigenvalue weighted by Crippen LogP contribution is -2.47. The fraction of sp³-hybridized carbons (Fsp3) is 0.500. The highest BCUT2D eigenvalue weighted by Gasteiger charge is 2.21. The van der Waals surface area contributed by atoms with Crippen LogP contribution in [-0.4, -0.2) is 40.9 Å². The SMILES string of the molecule is Cc1ccc(NC(=O)C(C)NCC(C)(O)CO)cc1. The van der Waals surface area contributed by atoms with Crippen molar-refractivity contribution in [2.24, 2.45) is 0 Å². The highest BCUT2D eigenvalue weighted by molar-refractivity contribution is 5.94. The van der Waals surface area contributed by atoms with Crippen LogP contribution in [0.3, 0.4) is 0 Å². The number of carbonyl (C=O) groups excluding carboxylic acids is 1. The highest BCUT2D eigenvalue weighted by Crippen LogP contribution is 2.09. The van der Waals surface area contributed by atoms with Gasteiger partial charge in [0, 0.05) is 12.2 Å². The first-order chi connectivity index (χ1) is 8.84. The Labute approximate surface area is 113 Å². The van der Waals surface area contributed by atoms with Crippen molar-refractivity contribution >= 4 is 11.6 Å². The van der Waals surface area contributed by atoms with Gasteiger partial charge in [-0.25, -0.2) is 0 Å². The van der Waals surface area contributed by atoms with Crippen LogP contribution in [0.1, 0.15) is 19.4 Å². The molecule has 1 aromatic rings. The zero-order valence-corrected chi connectivity index (χ0v) is 11.6. The molecule has 5 heteroatoms. The number of aryl methyl sites for hydroxylation is 1. The Morgan fingerprint density at radius 3 is 2.47 bits per heavy atom. The van der Waals surface area contributed by atoms with Gasteiger partial charge in [-0.1, -0.05) is 17.7 Å². The second kappa shape index (κ2) is 6.65. The molecule has 0 aliphatic heterocycles. The van der Waals surface area contributed by atoms with Gasteiger partial charge >= 0.3 is 0 Å². The van der Waals surface area contributed by atoms with E-state index >= 15 is 0 Å². The molecule has 0 bridgehead atoms. The number of hydrogen-bond acceptors (Lipinski definition) is 4. The molecular formula is C14H22N2O3. The average molecular weight is 266 g/mol. The standard InChI is InChI=1S/C14H22N2O3/c1-10-4-6-12(7-5-10)16-13(18)11(2)15-8-14(3,19)9-17/h4-7,11,15,17,19H,8-9H2,1-3H3,(H,16,18). The molecule has 2 atom stereocenters. The van der Waals surface area contributed by atoms with Crippen LogP contribution >= 0.6 is 0 Å². The van der Waals surface area contributed by atoms with Crippen LogP contribution in [0, 0.1) is 6.92 Å². The Bertz CT molecular complexity index is 415. The summed E-state index contributed by atoms with van der Waals surface area (Å²) in [7, 11) is 0. The van der Waals surface area contributed by atoms with E-state index in [1.54, 1.807) is 6.92 Å². The second-order valence-corrected chi connectivity index (χ2v) is 5.11. The molecule has 0 heterocycles. The van der Waals surface area contributed by atoms with Gasteiger partial charge in [-0.05, 0) is 32.9 Å². The first-order valence-corrected chi connectivity index (χ1v) is 6.28. The molecule has 1 amide bonds. The topological polar surface area (TPSA) is 81.6 Å². The van der Waals surface area contributed by atoms with Crippen molar-refractivity contribution in [2.75, 3.05) is 18.5 Å². The molecule has 19 heavy (non-hydrogen) atoms. The van der Waals surface area contributed by atoms with Crippen molar-refractivity contribution < 1.29 is 15.0 Å². The number of nitrogens with one attached hydrogen (secondary N) is 2. The summed E-state index contributed by atoms with van der Waals surface area (Å²) in [5.74, 6) is -0.183. The van der Waals surface area contributed by atoms with Crippen LogP contribution in [0.15, 0.2) is 24.3 Å². The van der Waals surface area contributed by atoms with Crippen molar-refractivity contribution in [1.29, 1.82) is 0 Å². The number of carbonyl (C=O) groups is 1. The third-order valence-electron chi connectivity index (χ3n) is 2.84.